The van der Waals surface area contributed by atoms with Gasteiger partial charge in [0.15, 0.2) is 15.8 Å². The summed E-state index contributed by atoms with van der Waals surface area (Å²) in [5, 5.41) is 17.2. The predicted molar refractivity (Wildman–Crippen MR) is 96.1 cm³/mol. The number of anilines is 1. The van der Waals surface area contributed by atoms with Crippen LogP contribution in [0.1, 0.15) is 23.8 Å². The first kappa shape index (κ1) is 18.1. The van der Waals surface area contributed by atoms with Gasteiger partial charge in [-0.3, -0.25) is 14.9 Å². The second-order valence-electron chi connectivity index (χ2n) is 5.02. The van der Waals surface area contributed by atoms with Crippen molar-refractivity contribution in [2.24, 2.45) is 0 Å². The fraction of sp³-hybridized carbons (Fsp3) is 0.267. The fourth-order valence-corrected chi connectivity index (χ4v) is 3.42. The Labute approximate surface area is 156 Å². The largest absolute Gasteiger partial charge is 0.461 e. The normalized spacial score (nSPS) is 10.7. The van der Waals surface area contributed by atoms with Crippen molar-refractivity contribution >= 4 is 40.0 Å². The Kier molecular flexibility index (Phi) is 6.02. The number of nitrogens with zero attached hydrogens (tertiary/aromatic N) is 3. The average Bonchev–Trinajstić information content (AvgIpc) is 3.38. The van der Waals surface area contributed by atoms with E-state index in [-0.39, 0.29) is 17.4 Å². The predicted octanol–water partition coefficient (Wildman–Crippen LogP) is 2.66. The Morgan fingerprint density at radius 2 is 2.19 bits per heavy atom. The smallest absolute Gasteiger partial charge is 0.279 e. The molecule has 0 saturated carbocycles. The minimum atomic E-state index is -0.472. The molecule has 0 aromatic carbocycles. The van der Waals surface area contributed by atoms with Crippen LogP contribution in [0.2, 0.25) is 0 Å². The highest BCUT2D eigenvalue weighted by molar-refractivity contribution is 8.01. The molecular weight excluding hydrogens is 378 g/mol. The number of hydrogen-bond acceptors (Lipinski definition) is 9. The SMILES string of the molecule is CCCNC(=O)CSc1nnc(NC(=O)c2cc(-c3ccco3)on2)s1. The van der Waals surface area contributed by atoms with Crippen LogP contribution in [-0.2, 0) is 4.79 Å². The minimum absolute atomic E-state index is 0.0642. The summed E-state index contributed by atoms with van der Waals surface area (Å²) in [5.74, 6) is 0.545. The Bertz CT molecular complexity index is 874. The van der Waals surface area contributed by atoms with Crippen LogP contribution in [0.15, 0.2) is 37.7 Å². The van der Waals surface area contributed by atoms with Gasteiger partial charge in [0.05, 0.1) is 12.0 Å². The molecule has 0 bridgehead atoms. The third-order valence-electron chi connectivity index (χ3n) is 3.03. The van der Waals surface area contributed by atoms with Gasteiger partial charge in [0.25, 0.3) is 5.91 Å². The molecule has 0 spiro atoms. The molecular formula is C15H15N5O4S2. The van der Waals surface area contributed by atoms with E-state index in [1.54, 1.807) is 12.1 Å². The first-order valence-corrected chi connectivity index (χ1v) is 9.51. The van der Waals surface area contributed by atoms with Gasteiger partial charge in [-0.2, -0.15) is 0 Å². The molecule has 0 aliphatic heterocycles. The van der Waals surface area contributed by atoms with Crippen molar-refractivity contribution in [1.29, 1.82) is 0 Å². The zero-order valence-corrected chi connectivity index (χ0v) is 15.4. The number of rotatable bonds is 8. The zero-order valence-electron chi connectivity index (χ0n) is 13.7. The van der Waals surface area contributed by atoms with Crippen molar-refractivity contribution in [3.8, 4) is 11.5 Å². The average molecular weight is 393 g/mol. The summed E-state index contributed by atoms with van der Waals surface area (Å²) in [7, 11) is 0. The maximum Gasteiger partial charge on any atom is 0.279 e. The third-order valence-corrected chi connectivity index (χ3v) is 5.00. The van der Waals surface area contributed by atoms with E-state index < -0.39 is 5.91 Å². The Morgan fingerprint density at radius 1 is 1.31 bits per heavy atom. The molecule has 3 aromatic rings. The lowest BCUT2D eigenvalue weighted by molar-refractivity contribution is -0.118. The molecule has 0 atom stereocenters. The molecule has 2 N–H and O–H groups in total. The lowest BCUT2D eigenvalue weighted by Crippen LogP contribution is -2.25. The van der Waals surface area contributed by atoms with E-state index in [0.29, 0.717) is 27.5 Å². The fourth-order valence-electron chi connectivity index (χ4n) is 1.84. The molecule has 11 heteroatoms. The summed E-state index contributed by atoms with van der Waals surface area (Å²) in [6, 6.07) is 4.89. The van der Waals surface area contributed by atoms with Crippen LogP contribution < -0.4 is 10.6 Å². The molecule has 9 nitrogen and oxygen atoms in total. The van der Waals surface area contributed by atoms with Crippen molar-refractivity contribution in [2.45, 2.75) is 17.7 Å². The molecule has 0 radical (unpaired) electrons. The van der Waals surface area contributed by atoms with E-state index >= 15 is 0 Å². The summed E-state index contributed by atoms with van der Waals surface area (Å²) >= 11 is 2.44. The Hall–Kier alpha value is -2.66. The van der Waals surface area contributed by atoms with Crippen LogP contribution in [0.3, 0.4) is 0 Å². The monoisotopic (exact) mass is 393 g/mol. The van der Waals surface area contributed by atoms with Gasteiger partial charge in [-0.05, 0) is 18.6 Å². The van der Waals surface area contributed by atoms with Crippen molar-refractivity contribution in [3.05, 3.63) is 30.2 Å². The highest BCUT2D eigenvalue weighted by Crippen LogP contribution is 2.26. The van der Waals surface area contributed by atoms with Crippen LogP contribution >= 0.6 is 23.1 Å². The van der Waals surface area contributed by atoms with E-state index in [2.05, 4.69) is 26.0 Å². The molecule has 26 heavy (non-hydrogen) atoms. The molecule has 2 amide bonds. The number of carbonyl (C=O) groups is 2. The first-order chi connectivity index (χ1) is 12.7. The van der Waals surface area contributed by atoms with Gasteiger partial charge < -0.3 is 14.3 Å². The number of furan rings is 1. The Balaban J connectivity index is 1.54. The van der Waals surface area contributed by atoms with Gasteiger partial charge >= 0.3 is 0 Å². The molecule has 136 valence electrons. The molecule has 0 unspecified atom stereocenters. The zero-order chi connectivity index (χ0) is 18.4. The molecule has 0 aliphatic carbocycles. The van der Waals surface area contributed by atoms with Gasteiger partial charge in [0, 0.05) is 12.6 Å². The number of aromatic nitrogens is 3. The lowest BCUT2D eigenvalue weighted by Gasteiger charge is -2.00. The summed E-state index contributed by atoms with van der Waals surface area (Å²) < 4.78 is 10.9. The topological polar surface area (TPSA) is 123 Å². The minimum Gasteiger partial charge on any atom is -0.461 e. The third kappa shape index (κ3) is 4.70. The maximum absolute atomic E-state index is 12.2. The quantitative estimate of drug-likeness (QED) is 0.442. The number of carbonyl (C=O) groups excluding carboxylic acids is 2. The first-order valence-electron chi connectivity index (χ1n) is 7.70. The number of hydrogen-bond donors (Lipinski definition) is 2. The van der Waals surface area contributed by atoms with Crippen molar-refractivity contribution in [3.63, 3.8) is 0 Å². The highest BCUT2D eigenvalue weighted by atomic mass is 32.2. The van der Waals surface area contributed by atoms with E-state index in [4.69, 9.17) is 8.94 Å². The second kappa shape index (κ2) is 8.63. The maximum atomic E-state index is 12.2. The van der Waals surface area contributed by atoms with E-state index in [1.165, 1.54) is 35.4 Å². The van der Waals surface area contributed by atoms with Crippen LogP contribution in [0.4, 0.5) is 5.13 Å². The van der Waals surface area contributed by atoms with Gasteiger partial charge in [0.1, 0.15) is 0 Å². The second-order valence-corrected chi connectivity index (χ2v) is 7.22. The van der Waals surface area contributed by atoms with E-state index in [9.17, 15) is 9.59 Å². The van der Waals surface area contributed by atoms with Crippen molar-refractivity contribution < 1.29 is 18.5 Å². The highest BCUT2D eigenvalue weighted by Gasteiger charge is 2.17. The molecule has 0 saturated heterocycles. The number of amides is 2. The summed E-state index contributed by atoms with van der Waals surface area (Å²) in [5.41, 5.74) is 0.0970. The van der Waals surface area contributed by atoms with Crippen LogP contribution in [0.5, 0.6) is 0 Å². The molecule has 3 heterocycles. The Morgan fingerprint density at radius 3 is 2.96 bits per heavy atom. The van der Waals surface area contributed by atoms with Crippen LogP contribution in [-0.4, -0.2) is 39.5 Å². The van der Waals surface area contributed by atoms with Crippen LogP contribution in [0, 0.1) is 0 Å². The molecule has 0 aliphatic rings. The van der Waals surface area contributed by atoms with E-state index in [1.807, 2.05) is 6.92 Å². The van der Waals surface area contributed by atoms with Gasteiger partial charge in [0.2, 0.25) is 16.8 Å². The van der Waals surface area contributed by atoms with Crippen molar-refractivity contribution in [2.75, 3.05) is 17.6 Å². The van der Waals surface area contributed by atoms with Crippen LogP contribution in [0.25, 0.3) is 11.5 Å². The summed E-state index contributed by atoms with van der Waals surface area (Å²) in [6.45, 7) is 2.63. The number of thioether (sulfide) groups is 1. The molecule has 0 fully saturated rings. The molecule has 3 aromatic heterocycles. The van der Waals surface area contributed by atoms with Gasteiger partial charge in [-0.15, -0.1) is 10.2 Å². The lowest BCUT2D eigenvalue weighted by atomic mass is 10.3. The van der Waals surface area contributed by atoms with E-state index in [0.717, 1.165) is 6.42 Å². The summed E-state index contributed by atoms with van der Waals surface area (Å²) in [4.78, 5) is 23.8. The standard InChI is InChI=1S/C15H15N5O4S2/c1-2-5-16-12(21)8-25-15-19-18-14(26-15)17-13(22)9-7-11(24-20-9)10-4-3-6-23-10/h3-4,6-7H,2,5,8H2,1H3,(H,16,21)(H,17,18,22). The van der Waals surface area contributed by atoms with Crippen molar-refractivity contribution in [1.82, 2.24) is 20.7 Å². The summed E-state index contributed by atoms with van der Waals surface area (Å²) in [6.07, 6.45) is 2.38. The van der Waals surface area contributed by atoms with Gasteiger partial charge in [-0.1, -0.05) is 35.2 Å². The van der Waals surface area contributed by atoms with Gasteiger partial charge in [-0.25, -0.2) is 0 Å². The molecule has 3 rings (SSSR count). The number of nitrogens with one attached hydrogen (secondary N) is 2.